The zero-order valence-corrected chi connectivity index (χ0v) is 13.4. The van der Waals surface area contributed by atoms with Crippen molar-refractivity contribution in [3.05, 3.63) is 58.6 Å². The van der Waals surface area contributed by atoms with Crippen LogP contribution in [0.15, 0.2) is 42.5 Å². The Hall–Kier alpha value is -2.00. The van der Waals surface area contributed by atoms with E-state index in [4.69, 9.17) is 11.6 Å². The Labute approximate surface area is 135 Å². The van der Waals surface area contributed by atoms with Crippen molar-refractivity contribution in [1.82, 2.24) is 0 Å². The molecule has 1 N–H and O–H groups in total. The Bertz CT molecular complexity index is 699. The van der Waals surface area contributed by atoms with Crippen molar-refractivity contribution in [3.8, 4) is 0 Å². The van der Waals surface area contributed by atoms with Crippen LogP contribution in [0, 0.1) is 6.92 Å². The van der Waals surface area contributed by atoms with E-state index in [1.54, 1.807) is 6.07 Å². The molecule has 0 saturated carbocycles. The standard InChI is InChI=1S/C18H19ClN2O/c1-13-8-9-15(19)11-16(13)20-18(22)12-21-10-4-6-14-5-2-3-7-17(14)21/h2-3,5,7-9,11H,4,6,10,12H2,1H3,(H,20,22). The number of fused-ring (bicyclic) bond motifs is 1. The quantitative estimate of drug-likeness (QED) is 0.927. The molecule has 0 fully saturated rings. The first kappa shape index (κ1) is 14.9. The number of hydrogen-bond donors (Lipinski definition) is 1. The lowest BCUT2D eigenvalue weighted by molar-refractivity contribution is -0.115. The van der Waals surface area contributed by atoms with Crippen LogP contribution in [-0.4, -0.2) is 19.0 Å². The summed E-state index contributed by atoms with van der Waals surface area (Å²) >= 11 is 6.00. The predicted molar refractivity (Wildman–Crippen MR) is 91.8 cm³/mol. The molecule has 1 aliphatic heterocycles. The van der Waals surface area contributed by atoms with Crippen molar-refractivity contribution in [3.63, 3.8) is 0 Å². The maximum Gasteiger partial charge on any atom is 0.243 e. The fourth-order valence-corrected chi connectivity index (χ4v) is 3.04. The van der Waals surface area contributed by atoms with Gasteiger partial charge in [-0.05, 0) is 49.1 Å². The second-order valence-electron chi connectivity index (χ2n) is 5.66. The molecule has 1 aliphatic rings. The largest absolute Gasteiger partial charge is 0.362 e. The Morgan fingerprint density at radius 3 is 2.95 bits per heavy atom. The van der Waals surface area contributed by atoms with Gasteiger partial charge in [-0.2, -0.15) is 0 Å². The van der Waals surface area contributed by atoms with Crippen molar-refractivity contribution in [2.75, 3.05) is 23.3 Å². The molecule has 0 radical (unpaired) electrons. The number of halogens is 1. The summed E-state index contributed by atoms with van der Waals surface area (Å²) in [5, 5.41) is 3.59. The normalized spacial score (nSPS) is 13.6. The summed E-state index contributed by atoms with van der Waals surface area (Å²) in [7, 11) is 0. The van der Waals surface area contributed by atoms with Crippen LogP contribution in [0.25, 0.3) is 0 Å². The summed E-state index contributed by atoms with van der Waals surface area (Å²) in [4.78, 5) is 14.5. The molecule has 0 atom stereocenters. The molecule has 3 nitrogen and oxygen atoms in total. The second-order valence-corrected chi connectivity index (χ2v) is 6.10. The number of amides is 1. The van der Waals surface area contributed by atoms with E-state index in [-0.39, 0.29) is 5.91 Å². The third kappa shape index (κ3) is 3.25. The summed E-state index contributed by atoms with van der Waals surface area (Å²) in [5.41, 5.74) is 4.28. The molecule has 2 aromatic carbocycles. The molecule has 1 heterocycles. The highest BCUT2D eigenvalue weighted by Crippen LogP contribution is 2.26. The van der Waals surface area contributed by atoms with Gasteiger partial charge in [0.2, 0.25) is 5.91 Å². The SMILES string of the molecule is Cc1ccc(Cl)cc1NC(=O)CN1CCCc2ccccc21. The van der Waals surface area contributed by atoms with E-state index in [2.05, 4.69) is 28.4 Å². The van der Waals surface area contributed by atoms with Crippen molar-refractivity contribution in [2.45, 2.75) is 19.8 Å². The van der Waals surface area contributed by atoms with Gasteiger partial charge in [0.25, 0.3) is 0 Å². The topological polar surface area (TPSA) is 32.3 Å². The zero-order valence-electron chi connectivity index (χ0n) is 12.6. The summed E-state index contributed by atoms with van der Waals surface area (Å²) in [6.45, 7) is 3.24. The van der Waals surface area contributed by atoms with E-state index in [1.165, 1.54) is 11.3 Å². The monoisotopic (exact) mass is 314 g/mol. The number of carbonyl (C=O) groups excluding carboxylic acids is 1. The average molecular weight is 315 g/mol. The third-order valence-electron chi connectivity index (χ3n) is 4.01. The maximum absolute atomic E-state index is 12.4. The number of para-hydroxylation sites is 1. The number of anilines is 2. The zero-order chi connectivity index (χ0) is 15.5. The van der Waals surface area contributed by atoms with E-state index >= 15 is 0 Å². The Morgan fingerprint density at radius 1 is 1.27 bits per heavy atom. The highest BCUT2D eigenvalue weighted by atomic mass is 35.5. The van der Waals surface area contributed by atoms with Crippen LogP contribution in [0.5, 0.6) is 0 Å². The molecule has 0 saturated heterocycles. The smallest absolute Gasteiger partial charge is 0.243 e. The molecule has 4 heteroatoms. The first-order chi connectivity index (χ1) is 10.6. The summed E-state index contributed by atoms with van der Waals surface area (Å²) < 4.78 is 0. The van der Waals surface area contributed by atoms with Crippen molar-refractivity contribution < 1.29 is 4.79 Å². The lowest BCUT2D eigenvalue weighted by Crippen LogP contribution is -2.36. The molecule has 2 aromatic rings. The van der Waals surface area contributed by atoms with Crippen LogP contribution in [0.2, 0.25) is 5.02 Å². The molecule has 0 unspecified atom stereocenters. The number of hydrogen-bond acceptors (Lipinski definition) is 2. The molecule has 0 aliphatic carbocycles. The molecule has 0 bridgehead atoms. The number of benzene rings is 2. The lowest BCUT2D eigenvalue weighted by atomic mass is 10.0. The van der Waals surface area contributed by atoms with Crippen molar-refractivity contribution >= 4 is 28.9 Å². The highest BCUT2D eigenvalue weighted by molar-refractivity contribution is 6.31. The van der Waals surface area contributed by atoms with Gasteiger partial charge in [0.15, 0.2) is 0 Å². The summed E-state index contributed by atoms with van der Waals surface area (Å²) in [6.07, 6.45) is 2.17. The van der Waals surface area contributed by atoms with Crippen molar-refractivity contribution in [2.24, 2.45) is 0 Å². The van der Waals surface area contributed by atoms with Crippen LogP contribution in [0.4, 0.5) is 11.4 Å². The Kier molecular flexibility index (Phi) is 4.34. The molecular formula is C18H19ClN2O. The fourth-order valence-electron chi connectivity index (χ4n) is 2.87. The van der Waals surface area contributed by atoms with Crippen LogP contribution in [0.1, 0.15) is 17.5 Å². The number of rotatable bonds is 3. The predicted octanol–water partition coefficient (Wildman–Crippen LogP) is 4.04. The van der Waals surface area contributed by atoms with Gasteiger partial charge in [-0.3, -0.25) is 4.79 Å². The van der Waals surface area contributed by atoms with Gasteiger partial charge in [0.05, 0.1) is 6.54 Å². The minimum Gasteiger partial charge on any atom is -0.362 e. The van der Waals surface area contributed by atoms with E-state index in [9.17, 15) is 4.79 Å². The molecule has 3 rings (SSSR count). The minimum absolute atomic E-state index is 0.0120. The van der Waals surface area contributed by atoms with Crippen LogP contribution >= 0.6 is 11.6 Å². The van der Waals surface area contributed by atoms with E-state index < -0.39 is 0 Å². The number of nitrogens with one attached hydrogen (secondary N) is 1. The molecule has 22 heavy (non-hydrogen) atoms. The van der Waals surface area contributed by atoms with Gasteiger partial charge < -0.3 is 10.2 Å². The number of carbonyl (C=O) groups is 1. The van der Waals surface area contributed by atoms with E-state index in [0.29, 0.717) is 11.6 Å². The summed E-state index contributed by atoms with van der Waals surface area (Å²) in [6, 6.07) is 13.8. The van der Waals surface area contributed by atoms with E-state index in [1.807, 2.05) is 25.1 Å². The van der Waals surface area contributed by atoms with Crippen LogP contribution < -0.4 is 10.2 Å². The molecule has 0 aromatic heterocycles. The van der Waals surface area contributed by atoms with Gasteiger partial charge in [0.1, 0.15) is 0 Å². The Morgan fingerprint density at radius 2 is 2.09 bits per heavy atom. The van der Waals surface area contributed by atoms with Gasteiger partial charge in [0, 0.05) is 22.9 Å². The first-order valence-electron chi connectivity index (χ1n) is 7.52. The average Bonchev–Trinajstić information content (AvgIpc) is 2.51. The minimum atomic E-state index is -0.0120. The maximum atomic E-state index is 12.4. The first-order valence-corrected chi connectivity index (χ1v) is 7.90. The summed E-state index contributed by atoms with van der Waals surface area (Å²) in [5.74, 6) is -0.0120. The molecule has 114 valence electrons. The molecule has 0 spiro atoms. The van der Waals surface area contributed by atoms with Crippen molar-refractivity contribution in [1.29, 1.82) is 0 Å². The second kappa shape index (κ2) is 6.41. The highest BCUT2D eigenvalue weighted by Gasteiger charge is 2.18. The van der Waals surface area contributed by atoms with Crippen LogP contribution in [-0.2, 0) is 11.2 Å². The number of nitrogens with zero attached hydrogens (tertiary/aromatic N) is 1. The lowest BCUT2D eigenvalue weighted by Gasteiger charge is -2.30. The van der Waals surface area contributed by atoms with Gasteiger partial charge >= 0.3 is 0 Å². The molecular weight excluding hydrogens is 296 g/mol. The van der Waals surface area contributed by atoms with E-state index in [0.717, 1.165) is 30.6 Å². The van der Waals surface area contributed by atoms with Gasteiger partial charge in [-0.15, -0.1) is 0 Å². The fraction of sp³-hybridized carbons (Fsp3) is 0.278. The Balaban J connectivity index is 1.72. The van der Waals surface area contributed by atoms with Crippen LogP contribution in [0.3, 0.4) is 0 Å². The van der Waals surface area contributed by atoms with Gasteiger partial charge in [-0.1, -0.05) is 35.9 Å². The third-order valence-corrected chi connectivity index (χ3v) is 4.25. The van der Waals surface area contributed by atoms with Gasteiger partial charge in [-0.25, -0.2) is 0 Å². The molecule has 1 amide bonds. The number of aryl methyl sites for hydroxylation is 2.